The monoisotopic (exact) mass is 367 g/mol. The Balaban J connectivity index is 0.00000208. The Morgan fingerprint density at radius 1 is 0.958 bits per heavy atom. The summed E-state index contributed by atoms with van der Waals surface area (Å²) in [5.41, 5.74) is 1.86. The van der Waals surface area contributed by atoms with Gasteiger partial charge >= 0.3 is 0 Å². The molecule has 0 aliphatic carbocycles. The molecule has 1 aliphatic rings. The van der Waals surface area contributed by atoms with Gasteiger partial charge in [-0.2, -0.15) is 0 Å². The Bertz CT molecular complexity index is 821. The number of rotatable bonds is 3. The third-order valence-corrected chi connectivity index (χ3v) is 6.59. The van der Waals surface area contributed by atoms with Gasteiger partial charge in [-0.15, -0.1) is 12.4 Å². The van der Waals surface area contributed by atoms with Gasteiger partial charge in [0.1, 0.15) is 6.10 Å². The summed E-state index contributed by atoms with van der Waals surface area (Å²) in [6, 6.07) is 14.1. The zero-order chi connectivity index (χ0) is 16.6. The van der Waals surface area contributed by atoms with Crippen LogP contribution < -0.4 is 0 Å². The van der Waals surface area contributed by atoms with Crippen LogP contribution in [-0.2, 0) is 9.84 Å². The minimum absolute atomic E-state index is 0. The number of fused-ring (bicyclic) bond motifs is 2. The summed E-state index contributed by atoms with van der Waals surface area (Å²) in [5, 5.41) is 10.1. The predicted octanol–water partition coefficient (Wildman–Crippen LogP) is 2.97. The van der Waals surface area contributed by atoms with Gasteiger partial charge in [0.25, 0.3) is 0 Å². The SMILES string of the molecule is CN(C)CCC1c2ccccc2C(O)c2ccccc2S1(=O)=O.Cl. The van der Waals surface area contributed by atoms with E-state index in [0.717, 1.165) is 0 Å². The largest absolute Gasteiger partial charge is 0.384 e. The number of aliphatic hydroxyl groups is 1. The van der Waals surface area contributed by atoms with E-state index in [2.05, 4.69) is 0 Å². The van der Waals surface area contributed by atoms with E-state index in [9.17, 15) is 13.5 Å². The van der Waals surface area contributed by atoms with Crippen LogP contribution in [0.3, 0.4) is 0 Å². The molecule has 0 saturated carbocycles. The fraction of sp³-hybridized carbons (Fsp3) is 0.333. The lowest BCUT2D eigenvalue weighted by Gasteiger charge is -2.20. The number of hydrogen-bond acceptors (Lipinski definition) is 4. The van der Waals surface area contributed by atoms with Crippen molar-refractivity contribution in [2.45, 2.75) is 22.7 Å². The van der Waals surface area contributed by atoms with Crippen molar-refractivity contribution in [3.05, 3.63) is 65.2 Å². The normalized spacial score (nSPS) is 21.3. The Labute approximate surface area is 149 Å². The minimum Gasteiger partial charge on any atom is -0.384 e. The van der Waals surface area contributed by atoms with Crippen molar-refractivity contribution < 1.29 is 13.5 Å². The second-order valence-electron chi connectivity index (χ2n) is 6.19. The minimum atomic E-state index is -3.55. The summed E-state index contributed by atoms with van der Waals surface area (Å²) in [7, 11) is 0.309. The molecule has 1 heterocycles. The molecule has 2 aromatic rings. The lowest BCUT2D eigenvalue weighted by Crippen LogP contribution is -2.21. The van der Waals surface area contributed by atoms with Crippen molar-refractivity contribution in [3.63, 3.8) is 0 Å². The number of nitrogens with zero attached hydrogens (tertiary/aromatic N) is 1. The highest BCUT2D eigenvalue weighted by Crippen LogP contribution is 2.43. The van der Waals surface area contributed by atoms with Gasteiger partial charge in [0.05, 0.1) is 10.1 Å². The summed E-state index contributed by atoms with van der Waals surface area (Å²) in [6.45, 7) is 0.663. The molecule has 0 amide bonds. The lowest BCUT2D eigenvalue weighted by molar-refractivity contribution is 0.216. The molecular weight excluding hydrogens is 346 g/mol. The molecule has 4 nitrogen and oxygen atoms in total. The Kier molecular flexibility index (Phi) is 5.71. The third kappa shape index (κ3) is 3.22. The van der Waals surface area contributed by atoms with Crippen LogP contribution in [0.2, 0.25) is 0 Å². The Morgan fingerprint density at radius 3 is 2.12 bits per heavy atom. The molecule has 2 aromatic carbocycles. The number of sulfone groups is 1. The third-order valence-electron chi connectivity index (χ3n) is 4.37. The summed E-state index contributed by atoms with van der Waals surface area (Å²) < 4.78 is 26.4. The highest BCUT2D eigenvalue weighted by atomic mass is 35.5. The molecule has 0 spiro atoms. The quantitative estimate of drug-likeness (QED) is 0.906. The van der Waals surface area contributed by atoms with E-state index >= 15 is 0 Å². The number of halogens is 1. The van der Waals surface area contributed by atoms with Gasteiger partial charge in [0, 0.05) is 5.56 Å². The topological polar surface area (TPSA) is 57.6 Å². The van der Waals surface area contributed by atoms with E-state index in [1.54, 1.807) is 24.3 Å². The standard InChI is InChI=1S/C18H21NO3S.ClH/c1-19(2)12-11-17-13-7-3-4-8-14(13)18(20)15-9-5-6-10-16(15)23(17,21)22;/h3-10,17-18,20H,11-12H2,1-2H3;1H. The molecule has 6 heteroatoms. The summed E-state index contributed by atoms with van der Waals surface area (Å²) in [5.74, 6) is 0. The maximum absolute atomic E-state index is 13.2. The van der Waals surface area contributed by atoms with E-state index in [1.807, 2.05) is 43.3 Å². The van der Waals surface area contributed by atoms with Crippen molar-refractivity contribution in [1.29, 1.82) is 0 Å². The Morgan fingerprint density at radius 2 is 1.50 bits per heavy atom. The first kappa shape index (κ1) is 18.9. The van der Waals surface area contributed by atoms with Gasteiger partial charge in [0.2, 0.25) is 0 Å². The molecule has 130 valence electrons. The average molecular weight is 368 g/mol. The number of aliphatic hydroxyl groups excluding tert-OH is 1. The second-order valence-corrected chi connectivity index (χ2v) is 8.29. The molecule has 0 saturated heterocycles. The fourth-order valence-corrected chi connectivity index (χ4v) is 5.24. The second kappa shape index (κ2) is 7.23. The maximum Gasteiger partial charge on any atom is 0.185 e. The van der Waals surface area contributed by atoms with Crippen molar-refractivity contribution in [2.75, 3.05) is 20.6 Å². The fourth-order valence-electron chi connectivity index (χ4n) is 3.19. The van der Waals surface area contributed by atoms with Crippen LogP contribution in [0.5, 0.6) is 0 Å². The van der Waals surface area contributed by atoms with E-state index in [1.165, 1.54) is 0 Å². The zero-order valence-electron chi connectivity index (χ0n) is 13.7. The summed E-state index contributed by atoms with van der Waals surface area (Å²) >= 11 is 0. The maximum atomic E-state index is 13.2. The van der Waals surface area contributed by atoms with Gasteiger partial charge in [-0.05, 0) is 44.3 Å². The van der Waals surface area contributed by atoms with Gasteiger partial charge < -0.3 is 10.0 Å². The van der Waals surface area contributed by atoms with Crippen molar-refractivity contribution in [1.82, 2.24) is 4.90 Å². The first-order valence-electron chi connectivity index (χ1n) is 7.67. The van der Waals surface area contributed by atoms with Crippen LogP contribution in [0.1, 0.15) is 34.5 Å². The van der Waals surface area contributed by atoms with Crippen molar-refractivity contribution in [2.24, 2.45) is 0 Å². The molecule has 1 aliphatic heterocycles. The lowest BCUT2D eigenvalue weighted by atomic mass is 9.94. The van der Waals surface area contributed by atoms with Crippen LogP contribution in [0.15, 0.2) is 53.4 Å². The smallest absolute Gasteiger partial charge is 0.185 e. The first-order chi connectivity index (χ1) is 10.9. The molecule has 0 aromatic heterocycles. The van der Waals surface area contributed by atoms with Crippen LogP contribution >= 0.6 is 12.4 Å². The molecule has 2 atom stereocenters. The molecule has 1 N–H and O–H groups in total. The average Bonchev–Trinajstić information content (AvgIpc) is 2.60. The highest BCUT2D eigenvalue weighted by molar-refractivity contribution is 7.91. The van der Waals surface area contributed by atoms with Crippen molar-refractivity contribution >= 4 is 22.2 Å². The molecule has 2 unspecified atom stereocenters. The van der Waals surface area contributed by atoms with Crippen LogP contribution in [-0.4, -0.2) is 39.1 Å². The molecule has 0 fully saturated rings. The van der Waals surface area contributed by atoms with E-state index in [4.69, 9.17) is 0 Å². The van der Waals surface area contributed by atoms with Crippen LogP contribution in [0.4, 0.5) is 0 Å². The Hall–Kier alpha value is -1.40. The predicted molar refractivity (Wildman–Crippen MR) is 97.3 cm³/mol. The van der Waals surface area contributed by atoms with E-state index in [0.29, 0.717) is 29.7 Å². The molecule has 0 radical (unpaired) electrons. The molecule has 3 rings (SSSR count). The summed E-state index contributed by atoms with van der Waals surface area (Å²) in [6.07, 6.45) is -0.422. The van der Waals surface area contributed by atoms with Gasteiger partial charge in [-0.3, -0.25) is 0 Å². The van der Waals surface area contributed by atoms with Crippen molar-refractivity contribution in [3.8, 4) is 0 Å². The molecular formula is C18H22ClNO3S. The van der Waals surface area contributed by atoms with Gasteiger partial charge in [-0.25, -0.2) is 8.42 Å². The van der Waals surface area contributed by atoms with Crippen LogP contribution in [0, 0.1) is 0 Å². The molecule has 0 bridgehead atoms. The zero-order valence-corrected chi connectivity index (χ0v) is 15.3. The molecule has 24 heavy (non-hydrogen) atoms. The van der Waals surface area contributed by atoms with E-state index in [-0.39, 0.29) is 17.3 Å². The van der Waals surface area contributed by atoms with Gasteiger partial charge in [-0.1, -0.05) is 42.5 Å². The number of hydrogen-bond donors (Lipinski definition) is 1. The summed E-state index contributed by atoms with van der Waals surface area (Å²) in [4.78, 5) is 2.22. The highest BCUT2D eigenvalue weighted by Gasteiger charge is 2.37. The first-order valence-corrected chi connectivity index (χ1v) is 9.22. The van der Waals surface area contributed by atoms with Gasteiger partial charge in [0.15, 0.2) is 9.84 Å². The van der Waals surface area contributed by atoms with Crippen LogP contribution in [0.25, 0.3) is 0 Å². The van der Waals surface area contributed by atoms with E-state index < -0.39 is 21.2 Å². The number of benzene rings is 2.